The van der Waals surface area contributed by atoms with Crippen molar-refractivity contribution in [3.8, 4) is 0 Å². The molecule has 1 aromatic rings. The molecule has 0 saturated carbocycles. The van der Waals surface area contributed by atoms with Crippen LogP contribution in [0.5, 0.6) is 0 Å². The van der Waals surface area contributed by atoms with Crippen molar-refractivity contribution in [1.82, 2.24) is 4.90 Å². The largest absolute Gasteiger partial charge is 0.353 e. The van der Waals surface area contributed by atoms with Crippen LogP contribution in [0.3, 0.4) is 0 Å². The van der Waals surface area contributed by atoms with Crippen molar-refractivity contribution >= 4 is 28.9 Å². The van der Waals surface area contributed by atoms with Crippen LogP contribution in [-0.4, -0.2) is 40.1 Å². The number of benzene rings is 1. The number of amides is 2. The van der Waals surface area contributed by atoms with E-state index in [9.17, 15) is 14.4 Å². The second-order valence-corrected chi connectivity index (χ2v) is 9.06. The zero-order chi connectivity index (χ0) is 19.8. The van der Waals surface area contributed by atoms with Gasteiger partial charge in [0.2, 0.25) is 11.8 Å². The minimum atomic E-state index is -0.615. The van der Waals surface area contributed by atoms with Crippen LogP contribution in [0.15, 0.2) is 24.3 Å². The number of carbonyl (C=O) groups is 3. The smallest absolute Gasteiger partial charge is 0.236 e. The van der Waals surface area contributed by atoms with Gasteiger partial charge in [-0.25, -0.2) is 0 Å². The summed E-state index contributed by atoms with van der Waals surface area (Å²) < 4.78 is 0. The Hall–Kier alpha value is -2.43. The van der Waals surface area contributed by atoms with Crippen molar-refractivity contribution in [1.29, 1.82) is 0 Å². The number of allylic oxidation sites excluding steroid dienone is 1. The van der Waals surface area contributed by atoms with E-state index < -0.39 is 23.4 Å². The molecular weight excluding hydrogens is 340 g/mol. The topological polar surface area (TPSA) is 57.7 Å². The van der Waals surface area contributed by atoms with E-state index in [1.165, 1.54) is 11.8 Å². The number of Topliss-reactive ketones (excluding diaryl/α,β-unsaturated/α-hetero) is 1. The molecular formula is C22H26N2O3. The van der Waals surface area contributed by atoms with E-state index in [2.05, 4.69) is 12.1 Å². The van der Waals surface area contributed by atoms with Crippen LogP contribution in [0, 0.1) is 18.8 Å². The summed E-state index contributed by atoms with van der Waals surface area (Å²) in [6, 6.07) is 5.28. The minimum Gasteiger partial charge on any atom is -0.353 e. The monoisotopic (exact) mass is 366 g/mol. The van der Waals surface area contributed by atoms with E-state index in [0.29, 0.717) is 0 Å². The molecule has 0 bridgehead atoms. The normalized spacial score (nSPS) is 29.5. The quantitative estimate of drug-likeness (QED) is 0.717. The molecule has 3 aliphatic heterocycles. The molecule has 3 aliphatic rings. The molecule has 2 saturated heterocycles. The number of anilines is 1. The summed E-state index contributed by atoms with van der Waals surface area (Å²) in [5, 5.41) is 0. The first-order valence-corrected chi connectivity index (χ1v) is 9.50. The van der Waals surface area contributed by atoms with E-state index in [-0.39, 0.29) is 23.6 Å². The molecule has 5 heteroatoms. The lowest BCUT2D eigenvalue weighted by Gasteiger charge is -2.39. The summed E-state index contributed by atoms with van der Waals surface area (Å²) in [5.74, 6) is -1.56. The first-order valence-electron chi connectivity index (χ1n) is 9.50. The van der Waals surface area contributed by atoms with Gasteiger partial charge in [-0.1, -0.05) is 17.7 Å². The molecule has 5 nitrogen and oxygen atoms in total. The van der Waals surface area contributed by atoms with Crippen molar-refractivity contribution in [2.45, 2.75) is 59.2 Å². The zero-order valence-electron chi connectivity index (χ0n) is 16.7. The lowest BCUT2D eigenvalue weighted by Crippen LogP contribution is -2.52. The number of rotatable bonds is 1. The average Bonchev–Trinajstić information content (AvgIpc) is 3.01. The molecule has 0 aromatic heterocycles. The van der Waals surface area contributed by atoms with E-state index in [0.717, 1.165) is 22.4 Å². The third-order valence-electron chi connectivity index (χ3n) is 6.09. The first kappa shape index (κ1) is 18.0. The van der Waals surface area contributed by atoms with Crippen LogP contribution in [0.1, 0.15) is 45.7 Å². The summed E-state index contributed by atoms with van der Waals surface area (Å²) in [5.41, 5.74) is 3.66. The van der Waals surface area contributed by atoms with Gasteiger partial charge in [0.25, 0.3) is 0 Å². The molecule has 2 fully saturated rings. The molecule has 142 valence electrons. The Morgan fingerprint density at radius 3 is 2.26 bits per heavy atom. The number of imide groups is 1. The van der Waals surface area contributed by atoms with Gasteiger partial charge in [0.15, 0.2) is 5.78 Å². The Bertz CT molecular complexity index is 909. The fraction of sp³-hybridized carbons (Fsp3) is 0.500. The SMILES string of the molecule is CC(=O)[C@H]1[C@H]2C(=O)N(C(C)(C)C)C(=O)[C@@H]2[C@H]2C=C(C)c3cc(C)ccc3N21. The molecule has 0 aliphatic carbocycles. The molecule has 4 atom stereocenters. The van der Waals surface area contributed by atoms with Crippen LogP contribution in [0.4, 0.5) is 5.69 Å². The number of fused-ring (bicyclic) bond motifs is 5. The number of hydrogen-bond acceptors (Lipinski definition) is 4. The summed E-state index contributed by atoms with van der Waals surface area (Å²) in [4.78, 5) is 42.6. The van der Waals surface area contributed by atoms with Gasteiger partial charge in [-0.2, -0.15) is 0 Å². The van der Waals surface area contributed by atoms with E-state index in [4.69, 9.17) is 0 Å². The summed E-state index contributed by atoms with van der Waals surface area (Å²) in [6.07, 6.45) is 2.07. The van der Waals surface area contributed by atoms with Crippen molar-refractivity contribution < 1.29 is 14.4 Å². The lowest BCUT2D eigenvalue weighted by atomic mass is 9.87. The van der Waals surface area contributed by atoms with Crippen LogP contribution in [0.2, 0.25) is 0 Å². The van der Waals surface area contributed by atoms with Crippen LogP contribution >= 0.6 is 0 Å². The molecule has 4 rings (SSSR count). The van der Waals surface area contributed by atoms with Crippen LogP contribution in [0.25, 0.3) is 5.57 Å². The predicted molar refractivity (Wildman–Crippen MR) is 104 cm³/mol. The van der Waals surface area contributed by atoms with Crippen molar-refractivity contribution in [2.75, 3.05) is 4.90 Å². The second kappa shape index (κ2) is 5.54. The van der Waals surface area contributed by atoms with E-state index >= 15 is 0 Å². The highest BCUT2D eigenvalue weighted by atomic mass is 16.2. The minimum absolute atomic E-state index is 0.0658. The molecule has 27 heavy (non-hydrogen) atoms. The van der Waals surface area contributed by atoms with Crippen molar-refractivity contribution in [3.05, 3.63) is 35.4 Å². The maximum absolute atomic E-state index is 13.3. The number of carbonyl (C=O) groups excluding carboxylic acids is 3. The maximum Gasteiger partial charge on any atom is 0.236 e. The predicted octanol–water partition coefficient (Wildman–Crippen LogP) is 2.96. The third kappa shape index (κ3) is 2.33. The Morgan fingerprint density at radius 2 is 1.67 bits per heavy atom. The van der Waals surface area contributed by atoms with Gasteiger partial charge in [0.1, 0.15) is 6.04 Å². The van der Waals surface area contributed by atoms with Gasteiger partial charge in [-0.3, -0.25) is 19.3 Å². The maximum atomic E-state index is 13.3. The molecule has 3 heterocycles. The standard InChI is InChI=1S/C22H26N2O3/c1-11-7-8-15-14(9-11)12(2)10-16-17-18(19(13(3)25)23(15)16)21(27)24(20(17)26)22(4,5)6/h7-10,16-19H,1-6H3/t16-,17-,18+,19+/m1/s1. The Kier molecular flexibility index (Phi) is 3.68. The third-order valence-corrected chi connectivity index (χ3v) is 6.09. The molecule has 0 N–H and O–H groups in total. The van der Waals surface area contributed by atoms with E-state index in [1.54, 1.807) is 0 Å². The molecule has 1 aromatic carbocycles. The van der Waals surface area contributed by atoms with Crippen LogP contribution in [-0.2, 0) is 14.4 Å². The number of likely N-dealkylation sites (tertiary alicyclic amines) is 1. The van der Waals surface area contributed by atoms with Gasteiger partial charge >= 0.3 is 0 Å². The van der Waals surface area contributed by atoms with Crippen molar-refractivity contribution in [2.24, 2.45) is 11.8 Å². The average molecular weight is 366 g/mol. The van der Waals surface area contributed by atoms with Gasteiger partial charge in [-0.15, -0.1) is 0 Å². The molecule has 0 radical (unpaired) electrons. The van der Waals surface area contributed by atoms with Gasteiger partial charge in [0.05, 0.1) is 17.9 Å². The summed E-state index contributed by atoms with van der Waals surface area (Å²) >= 11 is 0. The van der Waals surface area contributed by atoms with Gasteiger partial charge < -0.3 is 4.90 Å². The van der Waals surface area contributed by atoms with Gasteiger partial charge in [0, 0.05) is 16.8 Å². The van der Waals surface area contributed by atoms with Crippen molar-refractivity contribution in [3.63, 3.8) is 0 Å². The highest BCUT2D eigenvalue weighted by Crippen LogP contribution is 2.51. The van der Waals surface area contributed by atoms with E-state index in [1.807, 2.05) is 51.7 Å². The Morgan fingerprint density at radius 1 is 1.04 bits per heavy atom. The highest BCUT2D eigenvalue weighted by Gasteiger charge is 2.64. The second-order valence-electron chi connectivity index (χ2n) is 9.06. The number of aryl methyl sites for hydroxylation is 1. The Labute approximate surface area is 160 Å². The van der Waals surface area contributed by atoms with Crippen LogP contribution < -0.4 is 4.90 Å². The molecule has 0 spiro atoms. The summed E-state index contributed by atoms with van der Waals surface area (Å²) in [7, 11) is 0. The van der Waals surface area contributed by atoms with Gasteiger partial charge in [-0.05, 0) is 59.2 Å². The highest BCUT2D eigenvalue weighted by molar-refractivity contribution is 6.11. The molecule has 2 amide bonds. The fourth-order valence-corrected chi connectivity index (χ4v) is 5.08. The number of nitrogens with zero attached hydrogens (tertiary/aromatic N) is 2. The fourth-order valence-electron chi connectivity index (χ4n) is 5.08. The zero-order valence-corrected chi connectivity index (χ0v) is 16.7. The Balaban J connectivity index is 1.90. The lowest BCUT2D eigenvalue weighted by molar-refractivity contribution is -0.146. The number of ketones is 1. The first-order chi connectivity index (χ1) is 12.5. The number of hydrogen-bond donors (Lipinski definition) is 0. The summed E-state index contributed by atoms with van der Waals surface area (Å²) in [6.45, 7) is 11.2. The molecule has 0 unspecified atom stereocenters.